The Morgan fingerprint density at radius 1 is 1.53 bits per heavy atom. The van der Waals surface area contributed by atoms with Crippen molar-refractivity contribution in [2.45, 2.75) is 19.8 Å². The fourth-order valence-electron chi connectivity index (χ4n) is 1.36. The molecule has 0 saturated carbocycles. The van der Waals surface area contributed by atoms with Gasteiger partial charge < -0.3 is 15.2 Å². The molecule has 0 spiro atoms. The Labute approximate surface area is 99.4 Å². The van der Waals surface area contributed by atoms with E-state index < -0.39 is 11.8 Å². The molecule has 0 fully saturated rings. The number of carboxylic acids is 1. The number of rotatable bonds is 7. The molecule has 0 amide bonds. The summed E-state index contributed by atoms with van der Waals surface area (Å²) in [5, 5.41) is 11.4. The summed E-state index contributed by atoms with van der Waals surface area (Å²) in [6.45, 7) is 2.71. The van der Waals surface area contributed by atoms with E-state index in [4.69, 9.17) is 9.84 Å². The quantitative estimate of drug-likeness (QED) is 0.720. The Bertz CT molecular complexity index is 382. The Morgan fingerprint density at radius 3 is 2.88 bits per heavy atom. The van der Waals surface area contributed by atoms with Gasteiger partial charge in [-0.2, -0.15) is 0 Å². The zero-order chi connectivity index (χ0) is 12.7. The van der Waals surface area contributed by atoms with Gasteiger partial charge in [-0.1, -0.05) is 0 Å². The van der Waals surface area contributed by atoms with Gasteiger partial charge in [0, 0.05) is 24.7 Å². The highest BCUT2D eigenvalue weighted by molar-refractivity contribution is 5.66. The maximum Gasteiger partial charge on any atom is 0.303 e. The fourth-order valence-corrected chi connectivity index (χ4v) is 1.36. The molecule has 0 aromatic heterocycles. The van der Waals surface area contributed by atoms with Gasteiger partial charge in [0.1, 0.15) is 0 Å². The molecule has 1 aromatic carbocycles. The van der Waals surface area contributed by atoms with Crippen molar-refractivity contribution in [1.29, 1.82) is 0 Å². The molecule has 0 aliphatic carbocycles. The van der Waals surface area contributed by atoms with E-state index in [0.29, 0.717) is 25.3 Å². The van der Waals surface area contributed by atoms with E-state index in [-0.39, 0.29) is 12.2 Å². The van der Waals surface area contributed by atoms with E-state index >= 15 is 0 Å². The van der Waals surface area contributed by atoms with Crippen LogP contribution in [0.2, 0.25) is 0 Å². The third-order valence-corrected chi connectivity index (χ3v) is 2.13. The predicted molar refractivity (Wildman–Crippen MR) is 62.9 cm³/mol. The number of hydrogen-bond donors (Lipinski definition) is 2. The van der Waals surface area contributed by atoms with Crippen LogP contribution < -0.4 is 10.1 Å². The minimum atomic E-state index is -0.829. The molecule has 1 aromatic rings. The number of halogens is 1. The average molecular weight is 241 g/mol. The van der Waals surface area contributed by atoms with E-state index in [0.717, 1.165) is 0 Å². The third kappa shape index (κ3) is 4.72. The smallest absolute Gasteiger partial charge is 0.303 e. The predicted octanol–water partition coefficient (Wildman–Crippen LogP) is 2.50. The minimum absolute atomic E-state index is 0.104. The fraction of sp³-hybridized carbons (Fsp3) is 0.417. The molecule has 0 heterocycles. The highest BCUT2D eigenvalue weighted by Crippen LogP contribution is 2.21. The number of hydrogen-bond acceptors (Lipinski definition) is 3. The lowest BCUT2D eigenvalue weighted by Gasteiger charge is -2.08. The first-order chi connectivity index (χ1) is 8.13. The third-order valence-electron chi connectivity index (χ3n) is 2.13. The Morgan fingerprint density at radius 2 is 2.29 bits per heavy atom. The lowest BCUT2D eigenvalue weighted by Crippen LogP contribution is -2.05. The second-order valence-electron chi connectivity index (χ2n) is 3.50. The largest absolute Gasteiger partial charge is 0.491 e. The molecular formula is C12H16FNO3. The Hall–Kier alpha value is -1.78. The van der Waals surface area contributed by atoms with Crippen LogP contribution in [-0.4, -0.2) is 24.2 Å². The number of anilines is 1. The van der Waals surface area contributed by atoms with Crippen molar-refractivity contribution in [1.82, 2.24) is 0 Å². The number of benzene rings is 1. The van der Waals surface area contributed by atoms with Gasteiger partial charge in [0.25, 0.3) is 0 Å². The SMILES string of the molecule is CCOc1ccc(NCCCC(=O)O)cc1F. The minimum Gasteiger partial charge on any atom is -0.491 e. The number of nitrogens with one attached hydrogen (secondary N) is 1. The monoisotopic (exact) mass is 241 g/mol. The molecule has 94 valence electrons. The molecule has 0 radical (unpaired) electrons. The van der Waals surface area contributed by atoms with Crippen LogP contribution in [0.15, 0.2) is 18.2 Å². The molecule has 0 atom stereocenters. The standard InChI is InChI=1S/C12H16FNO3/c1-2-17-11-6-5-9(8-10(11)13)14-7-3-4-12(15)16/h5-6,8,14H,2-4,7H2,1H3,(H,15,16). The van der Waals surface area contributed by atoms with Crippen LogP contribution in [0.3, 0.4) is 0 Å². The van der Waals surface area contributed by atoms with Crippen LogP contribution in [0.4, 0.5) is 10.1 Å². The summed E-state index contributed by atoms with van der Waals surface area (Å²) in [6.07, 6.45) is 0.608. The van der Waals surface area contributed by atoms with Crippen molar-refractivity contribution in [3.05, 3.63) is 24.0 Å². The van der Waals surface area contributed by atoms with Crippen LogP contribution in [0.25, 0.3) is 0 Å². The summed E-state index contributed by atoms with van der Waals surface area (Å²) in [6, 6.07) is 4.60. The first-order valence-corrected chi connectivity index (χ1v) is 5.51. The van der Waals surface area contributed by atoms with E-state index in [1.54, 1.807) is 19.1 Å². The Kier molecular flexibility index (Phi) is 5.26. The molecule has 0 unspecified atom stereocenters. The van der Waals surface area contributed by atoms with Gasteiger partial charge in [-0.15, -0.1) is 0 Å². The van der Waals surface area contributed by atoms with Gasteiger partial charge in [0.15, 0.2) is 11.6 Å². The van der Waals surface area contributed by atoms with E-state index in [2.05, 4.69) is 5.32 Å². The summed E-state index contributed by atoms with van der Waals surface area (Å²) < 4.78 is 18.5. The molecule has 4 nitrogen and oxygen atoms in total. The first-order valence-electron chi connectivity index (χ1n) is 5.51. The number of aliphatic carboxylic acids is 1. The highest BCUT2D eigenvalue weighted by Gasteiger charge is 2.04. The second-order valence-corrected chi connectivity index (χ2v) is 3.50. The van der Waals surface area contributed by atoms with Crippen molar-refractivity contribution in [2.75, 3.05) is 18.5 Å². The summed E-state index contributed by atoms with van der Waals surface area (Å²) in [7, 11) is 0. The van der Waals surface area contributed by atoms with E-state index in [1.807, 2.05) is 0 Å². The maximum absolute atomic E-state index is 13.4. The van der Waals surface area contributed by atoms with E-state index in [1.165, 1.54) is 6.07 Å². The van der Waals surface area contributed by atoms with Crippen LogP contribution in [0, 0.1) is 5.82 Å². The van der Waals surface area contributed by atoms with Crippen molar-refractivity contribution in [2.24, 2.45) is 0 Å². The normalized spacial score (nSPS) is 10.0. The van der Waals surface area contributed by atoms with Gasteiger partial charge in [-0.3, -0.25) is 4.79 Å². The number of carboxylic acid groups (broad SMARTS) is 1. The summed E-state index contributed by atoms with van der Waals surface area (Å²) >= 11 is 0. The molecular weight excluding hydrogens is 225 g/mol. The van der Waals surface area contributed by atoms with Gasteiger partial charge >= 0.3 is 5.97 Å². The maximum atomic E-state index is 13.4. The summed E-state index contributed by atoms with van der Waals surface area (Å²) in [5.41, 5.74) is 0.622. The van der Waals surface area contributed by atoms with Crippen molar-refractivity contribution < 1.29 is 19.0 Å². The van der Waals surface area contributed by atoms with Gasteiger partial charge in [0.05, 0.1) is 6.61 Å². The first kappa shape index (κ1) is 13.3. The summed E-state index contributed by atoms with van der Waals surface area (Å²) in [5.74, 6) is -1.02. The zero-order valence-electron chi connectivity index (χ0n) is 9.70. The van der Waals surface area contributed by atoms with Gasteiger partial charge in [-0.05, 0) is 25.5 Å². The Balaban J connectivity index is 2.44. The van der Waals surface area contributed by atoms with Crippen molar-refractivity contribution >= 4 is 11.7 Å². The number of ether oxygens (including phenoxy) is 1. The molecule has 0 saturated heterocycles. The molecule has 0 aliphatic heterocycles. The number of carbonyl (C=O) groups is 1. The molecule has 2 N–H and O–H groups in total. The van der Waals surface area contributed by atoms with Crippen LogP contribution in [-0.2, 0) is 4.79 Å². The van der Waals surface area contributed by atoms with Crippen molar-refractivity contribution in [3.8, 4) is 5.75 Å². The topological polar surface area (TPSA) is 58.6 Å². The average Bonchev–Trinajstić information content (AvgIpc) is 2.28. The van der Waals surface area contributed by atoms with Gasteiger partial charge in [-0.25, -0.2) is 4.39 Å². The molecule has 5 heteroatoms. The zero-order valence-corrected chi connectivity index (χ0v) is 9.70. The lowest BCUT2D eigenvalue weighted by atomic mass is 10.2. The molecule has 0 bridgehead atoms. The van der Waals surface area contributed by atoms with Gasteiger partial charge in [0.2, 0.25) is 0 Å². The highest BCUT2D eigenvalue weighted by atomic mass is 19.1. The van der Waals surface area contributed by atoms with Crippen LogP contribution in [0.5, 0.6) is 5.75 Å². The lowest BCUT2D eigenvalue weighted by molar-refractivity contribution is -0.137. The second kappa shape index (κ2) is 6.73. The summed E-state index contributed by atoms with van der Waals surface area (Å²) in [4.78, 5) is 10.3. The van der Waals surface area contributed by atoms with Crippen molar-refractivity contribution in [3.63, 3.8) is 0 Å². The molecule has 0 aliphatic rings. The van der Waals surface area contributed by atoms with Crippen LogP contribution >= 0.6 is 0 Å². The molecule has 1 rings (SSSR count). The van der Waals surface area contributed by atoms with Crippen LogP contribution in [0.1, 0.15) is 19.8 Å². The molecule has 17 heavy (non-hydrogen) atoms. The van der Waals surface area contributed by atoms with E-state index in [9.17, 15) is 9.18 Å².